The summed E-state index contributed by atoms with van der Waals surface area (Å²) in [6, 6.07) is 0. The second kappa shape index (κ2) is 5.00. The average molecular weight is 315 g/mol. The molecule has 1 aliphatic carbocycles. The first-order valence-electron chi connectivity index (χ1n) is 5.12. The Kier molecular flexibility index (Phi) is 3.98. The first-order valence-corrected chi connectivity index (χ1v) is 7.18. The number of carbonyl (C=O) groups excluding carboxylic acids is 2. The van der Waals surface area contributed by atoms with Gasteiger partial charge in [-0.25, -0.2) is 4.31 Å². The van der Waals surface area contributed by atoms with E-state index in [0.717, 1.165) is 16.3 Å². The molecular weight excluding hydrogens is 305 g/mol. The summed E-state index contributed by atoms with van der Waals surface area (Å²) in [4.78, 5) is 24.1. The van der Waals surface area contributed by atoms with Crippen molar-refractivity contribution in [1.29, 1.82) is 0 Å². The summed E-state index contributed by atoms with van der Waals surface area (Å²) in [6.45, 7) is 0. The number of allylic oxidation sites excluding steroid dienone is 2. The summed E-state index contributed by atoms with van der Waals surface area (Å²) in [5, 5.41) is 0. The number of amides is 2. The van der Waals surface area contributed by atoms with Crippen LogP contribution in [0.3, 0.4) is 0 Å². The van der Waals surface area contributed by atoms with Crippen molar-refractivity contribution in [3.63, 3.8) is 0 Å². The maximum Gasteiger partial charge on any atom is 0.243 e. The molecule has 2 rings (SSSR count). The van der Waals surface area contributed by atoms with Crippen molar-refractivity contribution in [2.75, 3.05) is 5.88 Å². The van der Waals surface area contributed by atoms with Gasteiger partial charge in [-0.05, 0) is 12.8 Å². The van der Waals surface area contributed by atoms with Gasteiger partial charge in [0.1, 0.15) is 0 Å². The van der Waals surface area contributed by atoms with Crippen molar-refractivity contribution in [2.24, 2.45) is 11.8 Å². The predicted octanol–water partition coefficient (Wildman–Crippen LogP) is 2.96. The van der Waals surface area contributed by atoms with Crippen LogP contribution in [-0.4, -0.2) is 25.7 Å². The second-order valence-electron chi connectivity index (χ2n) is 3.99. The summed E-state index contributed by atoms with van der Waals surface area (Å²) in [5.74, 6) is -1.03. The third-order valence-electron chi connectivity index (χ3n) is 2.85. The number of rotatable bonds is 3. The molecule has 1 fully saturated rings. The molecule has 2 atom stereocenters. The molecule has 0 unspecified atom stereocenters. The summed E-state index contributed by atoms with van der Waals surface area (Å²) in [5.41, 5.74) is 0. The highest BCUT2D eigenvalue weighted by Crippen LogP contribution is 2.45. The van der Waals surface area contributed by atoms with Gasteiger partial charge in [-0.1, -0.05) is 35.4 Å². The minimum atomic E-state index is -1.35. The zero-order chi connectivity index (χ0) is 12.6. The van der Waals surface area contributed by atoms with Crippen LogP contribution in [-0.2, 0) is 9.59 Å². The van der Waals surface area contributed by atoms with Crippen molar-refractivity contribution >= 4 is 58.6 Å². The minimum absolute atomic E-state index is 0.0641. The zero-order valence-corrected chi connectivity index (χ0v) is 11.8. The number of alkyl halides is 3. The van der Waals surface area contributed by atoms with Crippen molar-refractivity contribution in [3.8, 4) is 0 Å². The number of hydrogen-bond donors (Lipinski definition) is 0. The fraction of sp³-hybridized carbons (Fsp3) is 0.600. The Hall–Kier alpha value is 0.1000. The van der Waals surface area contributed by atoms with E-state index in [1.54, 1.807) is 0 Å². The Morgan fingerprint density at radius 2 is 1.71 bits per heavy atom. The van der Waals surface area contributed by atoms with Gasteiger partial charge in [-0.15, -0.1) is 11.6 Å². The molecule has 0 aromatic carbocycles. The lowest BCUT2D eigenvalue weighted by atomic mass is 9.85. The van der Waals surface area contributed by atoms with Crippen molar-refractivity contribution in [3.05, 3.63) is 12.2 Å². The molecule has 7 heteroatoms. The lowest BCUT2D eigenvalue weighted by Crippen LogP contribution is -2.29. The van der Waals surface area contributed by atoms with Crippen LogP contribution in [0.5, 0.6) is 0 Å². The Morgan fingerprint density at radius 1 is 1.24 bits per heavy atom. The topological polar surface area (TPSA) is 37.4 Å². The molecule has 3 nitrogen and oxygen atoms in total. The summed E-state index contributed by atoms with van der Waals surface area (Å²) in [6.07, 6.45) is 5.06. The Balaban J connectivity index is 2.16. The number of fused-ring (bicyclic) bond motifs is 1. The highest BCUT2D eigenvalue weighted by molar-refractivity contribution is 8.02. The van der Waals surface area contributed by atoms with E-state index in [2.05, 4.69) is 0 Å². The van der Waals surface area contributed by atoms with Gasteiger partial charge in [0, 0.05) is 11.9 Å². The highest BCUT2D eigenvalue weighted by Gasteiger charge is 2.50. The van der Waals surface area contributed by atoms with E-state index < -0.39 is 3.67 Å². The average Bonchev–Trinajstić information content (AvgIpc) is 2.55. The predicted molar refractivity (Wildman–Crippen MR) is 70.0 cm³/mol. The maximum atomic E-state index is 12.0. The molecule has 94 valence electrons. The molecule has 0 bridgehead atoms. The zero-order valence-electron chi connectivity index (χ0n) is 8.74. The van der Waals surface area contributed by atoms with E-state index in [4.69, 9.17) is 34.8 Å². The van der Waals surface area contributed by atoms with Crippen LogP contribution >= 0.6 is 46.8 Å². The van der Waals surface area contributed by atoms with Gasteiger partial charge in [0.05, 0.1) is 17.7 Å². The van der Waals surface area contributed by atoms with Gasteiger partial charge in [-0.3, -0.25) is 9.59 Å². The number of halogens is 3. The van der Waals surface area contributed by atoms with E-state index in [1.165, 1.54) is 0 Å². The second-order valence-corrected chi connectivity index (χ2v) is 7.43. The van der Waals surface area contributed by atoms with E-state index in [-0.39, 0.29) is 29.5 Å². The maximum absolute atomic E-state index is 12.0. The SMILES string of the molecule is O=C1[C@H]2CC=CC[C@H]2C(=O)N1SC(Cl)(Cl)CCl. The monoisotopic (exact) mass is 313 g/mol. The molecule has 1 heterocycles. The third kappa shape index (κ3) is 2.60. The molecule has 1 saturated heterocycles. The highest BCUT2D eigenvalue weighted by atomic mass is 35.5. The van der Waals surface area contributed by atoms with Crippen LogP contribution in [0, 0.1) is 11.8 Å². The van der Waals surface area contributed by atoms with Crippen LogP contribution < -0.4 is 0 Å². The number of imide groups is 1. The van der Waals surface area contributed by atoms with Crippen molar-refractivity contribution in [2.45, 2.75) is 16.5 Å². The van der Waals surface area contributed by atoms with Gasteiger partial charge < -0.3 is 0 Å². The largest absolute Gasteiger partial charge is 0.273 e. The van der Waals surface area contributed by atoms with E-state index in [9.17, 15) is 9.59 Å². The van der Waals surface area contributed by atoms with Gasteiger partial charge in [0.2, 0.25) is 11.8 Å². The normalized spacial score (nSPS) is 28.8. The summed E-state index contributed by atoms with van der Waals surface area (Å²) in [7, 11) is 0. The van der Waals surface area contributed by atoms with Gasteiger partial charge >= 0.3 is 0 Å². The summed E-state index contributed by atoms with van der Waals surface area (Å²) >= 11 is 18.1. The smallest absolute Gasteiger partial charge is 0.243 e. The fourth-order valence-electron chi connectivity index (χ4n) is 2.02. The van der Waals surface area contributed by atoms with Crippen molar-refractivity contribution < 1.29 is 9.59 Å². The standard InChI is InChI=1S/C10H10Cl3NO2S/c11-5-10(12,13)17-14-8(15)6-3-1-2-4-7(6)9(14)16/h1-2,6-7H,3-5H2/t6-,7+. The van der Waals surface area contributed by atoms with Crippen LogP contribution in [0.1, 0.15) is 12.8 Å². The quantitative estimate of drug-likeness (QED) is 0.348. The number of carbonyl (C=O) groups is 2. The molecule has 1 aliphatic heterocycles. The Bertz CT molecular complexity index is 360. The van der Waals surface area contributed by atoms with Gasteiger partial charge in [-0.2, -0.15) is 0 Å². The van der Waals surface area contributed by atoms with Gasteiger partial charge in [0.25, 0.3) is 0 Å². The van der Waals surface area contributed by atoms with Crippen LogP contribution in [0.25, 0.3) is 0 Å². The molecule has 0 spiro atoms. The van der Waals surface area contributed by atoms with Crippen LogP contribution in [0.4, 0.5) is 0 Å². The number of hydrogen-bond acceptors (Lipinski definition) is 3. The first-order chi connectivity index (χ1) is 7.96. The molecule has 0 N–H and O–H groups in total. The lowest BCUT2D eigenvalue weighted by Gasteiger charge is -2.21. The van der Waals surface area contributed by atoms with E-state index in [0.29, 0.717) is 12.8 Å². The van der Waals surface area contributed by atoms with Crippen LogP contribution in [0.2, 0.25) is 0 Å². The molecule has 0 aromatic rings. The fourth-order valence-corrected chi connectivity index (χ4v) is 3.34. The van der Waals surface area contributed by atoms with Crippen LogP contribution in [0.15, 0.2) is 12.2 Å². The van der Waals surface area contributed by atoms with E-state index >= 15 is 0 Å². The van der Waals surface area contributed by atoms with Crippen molar-refractivity contribution in [1.82, 2.24) is 4.31 Å². The molecule has 0 saturated carbocycles. The number of nitrogens with zero attached hydrogens (tertiary/aromatic N) is 1. The molecule has 17 heavy (non-hydrogen) atoms. The molecular formula is C10H10Cl3NO2S. The first kappa shape index (κ1) is 13.5. The molecule has 2 amide bonds. The molecule has 2 aliphatic rings. The Morgan fingerprint density at radius 3 is 2.12 bits per heavy atom. The summed E-state index contributed by atoms with van der Waals surface area (Å²) < 4.78 is -0.279. The Labute approximate surface area is 119 Å². The lowest BCUT2D eigenvalue weighted by molar-refractivity contribution is -0.133. The molecule has 0 radical (unpaired) electrons. The minimum Gasteiger partial charge on any atom is -0.273 e. The third-order valence-corrected chi connectivity index (χ3v) is 5.32. The van der Waals surface area contributed by atoms with E-state index in [1.807, 2.05) is 12.2 Å². The van der Waals surface area contributed by atoms with Gasteiger partial charge in [0.15, 0.2) is 3.67 Å². The molecule has 0 aromatic heterocycles.